The third kappa shape index (κ3) is 9.92. The molecule has 4 rings (SSSR count). The molecule has 2 aromatic rings. The first-order valence-electron chi connectivity index (χ1n) is 12.5. The topological polar surface area (TPSA) is 103 Å². The number of para-hydroxylation sites is 1. The van der Waals surface area contributed by atoms with Gasteiger partial charge in [-0.25, -0.2) is 19.0 Å². The van der Waals surface area contributed by atoms with Gasteiger partial charge in [0.1, 0.15) is 5.82 Å². The summed E-state index contributed by atoms with van der Waals surface area (Å²) in [6.07, 6.45) is 4.27. The molecule has 0 atom stereocenters. The summed E-state index contributed by atoms with van der Waals surface area (Å²) in [5.41, 5.74) is 3.56. The van der Waals surface area contributed by atoms with Crippen molar-refractivity contribution in [1.29, 1.82) is 0 Å². The quantitative estimate of drug-likeness (QED) is 0.354. The van der Waals surface area contributed by atoms with Gasteiger partial charge >= 0.3 is 11.9 Å². The molecule has 0 aliphatic carbocycles. The largest absolute Gasteiger partial charge is 0.478 e. The van der Waals surface area contributed by atoms with Crippen molar-refractivity contribution in [1.82, 2.24) is 9.80 Å². The van der Waals surface area contributed by atoms with Crippen molar-refractivity contribution in [3.63, 3.8) is 0 Å². The molecule has 0 amide bonds. The minimum absolute atomic E-state index is 0.187. The zero-order chi connectivity index (χ0) is 27.3. The molecule has 1 fully saturated rings. The first-order valence-corrected chi connectivity index (χ1v) is 13.5. The average Bonchev–Trinajstić information content (AvgIpc) is 2.93. The average molecular weight is 544 g/mol. The van der Waals surface area contributed by atoms with Gasteiger partial charge in [-0.2, -0.15) is 0 Å². The Balaban J connectivity index is 0.000000436. The molecule has 38 heavy (non-hydrogen) atoms. The lowest BCUT2D eigenvalue weighted by atomic mass is 10.0. The number of thioether (sulfide) groups is 1. The molecule has 2 aromatic carbocycles. The maximum absolute atomic E-state index is 12.9. The summed E-state index contributed by atoms with van der Waals surface area (Å²) in [4.78, 5) is 28.9. The summed E-state index contributed by atoms with van der Waals surface area (Å²) in [6.45, 7) is 4.61. The predicted octanol–water partition coefficient (Wildman–Crippen LogP) is 4.43. The second-order valence-electron chi connectivity index (χ2n) is 8.99. The normalized spacial score (nSPS) is 15.8. The van der Waals surface area contributed by atoms with Crippen molar-refractivity contribution in [3.05, 3.63) is 77.6 Å². The number of piperidine rings is 1. The van der Waals surface area contributed by atoms with Gasteiger partial charge in [0.15, 0.2) is 5.17 Å². The summed E-state index contributed by atoms with van der Waals surface area (Å²) in [5.74, 6) is -1.69. The van der Waals surface area contributed by atoms with Gasteiger partial charge in [0.2, 0.25) is 0 Å². The SMILES string of the molecule is CN(C1=Nc2ccccc2CS1)C1CCN(CCOCCc2ccc(F)cc2)CC1.O=C(O)/C=C/C(=O)O. The zero-order valence-electron chi connectivity index (χ0n) is 21.5. The van der Waals surface area contributed by atoms with Gasteiger partial charge < -0.3 is 24.7 Å². The van der Waals surface area contributed by atoms with Crippen LogP contribution in [0.25, 0.3) is 0 Å². The number of fused-ring (bicyclic) bond motifs is 1. The number of nitrogens with zero attached hydrogens (tertiary/aromatic N) is 3. The van der Waals surface area contributed by atoms with E-state index in [2.05, 4.69) is 41.1 Å². The number of ether oxygens (including phenoxy) is 1. The highest BCUT2D eigenvalue weighted by atomic mass is 32.2. The predicted molar refractivity (Wildman–Crippen MR) is 147 cm³/mol. The second-order valence-corrected chi connectivity index (χ2v) is 9.94. The van der Waals surface area contributed by atoms with Crippen LogP contribution in [0.1, 0.15) is 24.0 Å². The van der Waals surface area contributed by atoms with E-state index in [-0.39, 0.29) is 5.82 Å². The van der Waals surface area contributed by atoms with Crippen molar-refractivity contribution in [2.45, 2.75) is 31.1 Å². The van der Waals surface area contributed by atoms with Gasteiger partial charge in [-0.3, -0.25) is 0 Å². The van der Waals surface area contributed by atoms with Crippen molar-refractivity contribution in [2.75, 3.05) is 39.9 Å². The molecule has 10 heteroatoms. The van der Waals surface area contributed by atoms with Crippen LogP contribution in [0.15, 0.2) is 65.7 Å². The van der Waals surface area contributed by atoms with Crippen LogP contribution in [-0.4, -0.2) is 83.1 Å². The van der Waals surface area contributed by atoms with Crippen LogP contribution in [0.2, 0.25) is 0 Å². The Morgan fingerprint density at radius 2 is 1.74 bits per heavy atom. The number of carboxylic acids is 2. The number of likely N-dealkylation sites (tertiary alicyclic amines) is 1. The maximum Gasteiger partial charge on any atom is 0.328 e. The van der Waals surface area contributed by atoms with E-state index in [9.17, 15) is 14.0 Å². The molecule has 2 aliphatic rings. The lowest BCUT2D eigenvalue weighted by Crippen LogP contribution is -2.45. The molecular weight excluding hydrogens is 509 g/mol. The summed E-state index contributed by atoms with van der Waals surface area (Å²) >= 11 is 1.85. The number of rotatable bonds is 9. The van der Waals surface area contributed by atoms with Crippen LogP contribution < -0.4 is 0 Å². The molecule has 0 spiro atoms. The van der Waals surface area contributed by atoms with Gasteiger partial charge in [-0.15, -0.1) is 0 Å². The Kier molecular flexibility index (Phi) is 11.8. The van der Waals surface area contributed by atoms with Crippen LogP contribution in [-0.2, 0) is 26.5 Å². The van der Waals surface area contributed by atoms with Crippen LogP contribution in [0.3, 0.4) is 0 Å². The van der Waals surface area contributed by atoms with E-state index < -0.39 is 11.9 Å². The Bertz CT molecular complexity index is 1100. The molecule has 0 radical (unpaired) electrons. The fraction of sp³-hybridized carbons (Fsp3) is 0.393. The lowest BCUT2D eigenvalue weighted by molar-refractivity contribution is -0.134. The first-order chi connectivity index (χ1) is 18.3. The van der Waals surface area contributed by atoms with Crippen LogP contribution in [0.5, 0.6) is 0 Å². The van der Waals surface area contributed by atoms with Gasteiger partial charge in [0.25, 0.3) is 0 Å². The highest BCUT2D eigenvalue weighted by Gasteiger charge is 2.26. The van der Waals surface area contributed by atoms with E-state index in [1.165, 1.54) is 17.7 Å². The Labute approximate surface area is 226 Å². The fourth-order valence-electron chi connectivity index (χ4n) is 4.17. The van der Waals surface area contributed by atoms with E-state index in [4.69, 9.17) is 19.9 Å². The first kappa shape index (κ1) is 29.3. The number of hydrogen-bond donors (Lipinski definition) is 2. The van der Waals surface area contributed by atoms with Crippen molar-refractivity contribution >= 4 is 34.6 Å². The highest BCUT2D eigenvalue weighted by molar-refractivity contribution is 8.13. The number of aliphatic carboxylic acids is 2. The Hall–Kier alpha value is -3.21. The zero-order valence-corrected chi connectivity index (χ0v) is 22.3. The van der Waals surface area contributed by atoms with Crippen LogP contribution in [0, 0.1) is 5.82 Å². The number of carboxylic acid groups (broad SMARTS) is 2. The molecule has 0 aromatic heterocycles. The van der Waals surface area contributed by atoms with Gasteiger partial charge in [0.05, 0.1) is 18.9 Å². The maximum atomic E-state index is 12.9. The number of halogens is 1. The third-order valence-electron chi connectivity index (χ3n) is 6.34. The van der Waals surface area contributed by atoms with E-state index >= 15 is 0 Å². The van der Waals surface area contributed by atoms with E-state index in [1.807, 2.05) is 23.9 Å². The molecule has 8 nitrogen and oxygen atoms in total. The summed E-state index contributed by atoms with van der Waals surface area (Å²) < 4.78 is 18.7. The number of amidine groups is 1. The van der Waals surface area contributed by atoms with Crippen molar-refractivity contribution < 1.29 is 28.9 Å². The molecule has 2 heterocycles. The fourth-order valence-corrected chi connectivity index (χ4v) is 5.21. The number of carbonyl (C=O) groups is 2. The summed E-state index contributed by atoms with van der Waals surface area (Å²) in [6, 6.07) is 15.7. The van der Waals surface area contributed by atoms with Gasteiger partial charge in [0, 0.05) is 50.6 Å². The molecule has 2 N–H and O–H groups in total. The minimum Gasteiger partial charge on any atom is -0.478 e. The Morgan fingerprint density at radius 3 is 2.39 bits per heavy atom. The molecule has 204 valence electrons. The standard InChI is InChI=1S/C24H30FN3OS.C4H4O4/c1-27(24-26-23-5-3-2-4-20(23)18-30-24)22-10-13-28(14-11-22)15-17-29-16-12-19-6-8-21(25)9-7-19;5-3(6)1-2-4(7)8/h2-9,22H,10-18H2,1H3;1-2H,(H,5,6)(H,7,8)/b;2-1+. The van der Waals surface area contributed by atoms with Crippen LogP contribution in [0.4, 0.5) is 10.1 Å². The van der Waals surface area contributed by atoms with Gasteiger partial charge in [-0.05, 0) is 48.6 Å². The lowest BCUT2D eigenvalue weighted by Gasteiger charge is -2.38. The van der Waals surface area contributed by atoms with Gasteiger partial charge in [-0.1, -0.05) is 42.1 Å². The number of benzene rings is 2. The molecule has 2 aliphatic heterocycles. The summed E-state index contributed by atoms with van der Waals surface area (Å²) in [5, 5.41) is 16.8. The van der Waals surface area contributed by atoms with Crippen LogP contribution >= 0.6 is 11.8 Å². The molecular formula is C28H34FN3O5S. The molecule has 0 saturated carbocycles. The van der Waals surface area contributed by atoms with E-state index in [0.29, 0.717) is 24.8 Å². The molecule has 0 unspecified atom stereocenters. The number of aliphatic imine (C=N–C) groups is 1. The van der Waals surface area contributed by atoms with E-state index in [1.54, 1.807) is 0 Å². The minimum atomic E-state index is -1.26. The molecule has 1 saturated heterocycles. The third-order valence-corrected chi connectivity index (χ3v) is 7.43. The van der Waals surface area contributed by atoms with E-state index in [0.717, 1.165) is 67.7 Å². The highest BCUT2D eigenvalue weighted by Crippen LogP contribution is 2.32. The van der Waals surface area contributed by atoms with Crippen molar-refractivity contribution in [3.8, 4) is 0 Å². The second kappa shape index (κ2) is 15.3. The number of hydrogen-bond acceptors (Lipinski definition) is 7. The smallest absolute Gasteiger partial charge is 0.328 e. The van der Waals surface area contributed by atoms with Crippen molar-refractivity contribution in [2.24, 2.45) is 4.99 Å². The Morgan fingerprint density at radius 1 is 1.08 bits per heavy atom. The summed E-state index contributed by atoms with van der Waals surface area (Å²) in [7, 11) is 2.19. The molecule has 0 bridgehead atoms. The monoisotopic (exact) mass is 543 g/mol.